The number of aryl methyl sites for hydroxylation is 1. The van der Waals surface area contributed by atoms with Crippen LogP contribution in [0, 0.1) is 18.8 Å². The highest BCUT2D eigenvalue weighted by molar-refractivity contribution is 5.91. The fourth-order valence-electron chi connectivity index (χ4n) is 2.03. The molecule has 1 amide bonds. The van der Waals surface area contributed by atoms with Gasteiger partial charge in [0.1, 0.15) is 5.76 Å². The molecule has 0 aliphatic rings. The summed E-state index contributed by atoms with van der Waals surface area (Å²) in [5, 5.41) is 11.6. The van der Waals surface area contributed by atoms with Crippen molar-refractivity contribution >= 4 is 11.9 Å². The zero-order valence-corrected chi connectivity index (χ0v) is 11.6. The number of aliphatic carboxylic acids is 1. The molecule has 19 heavy (non-hydrogen) atoms. The number of carboxylic acid groups (broad SMARTS) is 1. The van der Waals surface area contributed by atoms with E-state index >= 15 is 0 Å². The predicted molar refractivity (Wildman–Crippen MR) is 71.0 cm³/mol. The molecule has 1 rings (SSSR count). The standard InChI is InChI=1S/C14H21NO4/c1-9(2)6-11(7-13(16)17)8-15-14(18)12-5-4-10(3)19-12/h4-5,9,11H,6-8H2,1-3H3,(H,15,18)(H,16,17). The minimum Gasteiger partial charge on any atom is -0.481 e. The van der Waals surface area contributed by atoms with Crippen LogP contribution in [0.25, 0.3) is 0 Å². The van der Waals surface area contributed by atoms with E-state index in [1.165, 1.54) is 0 Å². The number of hydrogen-bond donors (Lipinski definition) is 2. The van der Waals surface area contributed by atoms with Crippen LogP contribution in [0.5, 0.6) is 0 Å². The lowest BCUT2D eigenvalue weighted by Gasteiger charge is -2.17. The Morgan fingerprint density at radius 2 is 2.05 bits per heavy atom. The van der Waals surface area contributed by atoms with Crippen molar-refractivity contribution in [1.82, 2.24) is 5.32 Å². The zero-order valence-electron chi connectivity index (χ0n) is 11.6. The van der Waals surface area contributed by atoms with E-state index in [1.807, 2.05) is 13.8 Å². The van der Waals surface area contributed by atoms with E-state index in [9.17, 15) is 9.59 Å². The summed E-state index contributed by atoms with van der Waals surface area (Å²) in [5.74, 6) is 0.135. The van der Waals surface area contributed by atoms with Crippen LogP contribution in [0.4, 0.5) is 0 Å². The maximum Gasteiger partial charge on any atom is 0.303 e. The molecule has 0 aromatic carbocycles. The summed E-state index contributed by atoms with van der Waals surface area (Å²) in [6.07, 6.45) is 0.833. The first-order valence-corrected chi connectivity index (χ1v) is 6.45. The third-order valence-electron chi connectivity index (χ3n) is 2.78. The van der Waals surface area contributed by atoms with Crippen molar-refractivity contribution in [3.8, 4) is 0 Å². The van der Waals surface area contributed by atoms with Crippen molar-refractivity contribution < 1.29 is 19.1 Å². The summed E-state index contributed by atoms with van der Waals surface area (Å²) in [6, 6.07) is 3.33. The molecule has 1 atom stereocenters. The number of carbonyl (C=O) groups excluding carboxylic acids is 1. The minimum atomic E-state index is -0.839. The molecule has 2 N–H and O–H groups in total. The molecule has 0 fully saturated rings. The van der Waals surface area contributed by atoms with Crippen LogP contribution in [-0.2, 0) is 4.79 Å². The van der Waals surface area contributed by atoms with Gasteiger partial charge in [-0.1, -0.05) is 13.8 Å². The fraction of sp³-hybridized carbons (Fsp3) is 0.571. The number of rotatable bonds is 7. The Hall–Kier alpha value is -1.78. The fourth-order valence-corrected chi connectivity index (χ4v) is 2.03. The van der Waals surface area contributed by atoms with E-state index in [1.54, 1.807) is 19.1 Å². The SMILES string of the molecule is Cc1ccc(C(=O)NCC(CC(=O)O)CC(C)C)o1. The van der Waals surface area contributed by atoms with Gasteiger partial charge in [0, 0.05) is 13.0 Å². The molecule has 0 bridgehead atoms. The zero-order chi connectivity index (χ0) is 14.4. The van der Waals surface area contributed by atoms with E-state index in [-0.39, 0.29) is 24.0 Å². The lowest BCUT2D eigenvalue weighted by Crippen LogP contribution is -2.30. The van der Waals surface area contributed by atoms with Gasteiger partial charge in [0.15, 0.2) is 5.76 Å². The first kappa shape index (κ1) is 15.3. The molecule has 0 radical (unpaired) electrons. The number of nitrogens with one attached hydrogen (secondary N) is 1. The van der Waals surface area contributed by atoms with Gasteiger partial charge in [0.25, 0.3) is 5.91 Å². The van der Waals surface area contributed by atoms with Crippen LogP contribution in [0.1, 0.15) is 43.0 Å². The molecule has 1 aromatic heterocycles. The van der Waals surface area contributed by atoms with Crippen LogP contribution in [-0.4, -0.2) is 23.5 Å². The Balaban J connectivity index is 2.50. The van der Waals surface area contributed by atoms with E-state index in [4.69, 9.17) is 9.52 Å². The first-order valence-electron chi connectivity index (χ1n) is 6.45. The van der Waals surface area contributed by atoms with Crippen molar-refractivity contribution in [2.45, 2.75) is 33.6 Å². The smallest absolute Gasteiger partial charge is 0.303 e. The van der Waals surface area contributed by atoms with Crippen LogP contribution in [0.3, 0.4) is 0 Å². The molecule has 5 nitrogen and oxygen atoms in total. The predicted octanol–water partition coefficient (Wildman–Crippen LogP) is 2.45. The maximum atomic E-state index is 11.8. The third kappa shape index (κ3) is 5.59. The average molecular weight is 267 g/mol. The van der Waals surface area contributed by atoms with Crippen LogP contribution < -0.4 is 5.32 Å². The molecule has 0 saturated heterocycles. The highest BCUT2D eigenvalue weighted by Gasteiger charge is 2.17. The second-order valence-corrected chi connectivity index (χ2v) is 5.21. The largest absolute Gasteiger partial charge is 0.481 e. The Kier molecular flexibility index (Phi) is 5.60. The quantitative estimate of drug-likeness (QED) is 0.795. The second kappa shape index (κ2) is 6.97. The van der Waals surface area contributed by atoms with Crippen LogP contribution in [0.2, 0.25) is 0 Å². The average Bonchev–Trinajstić information content (AvgIpc) is 2.71. The molecule has 1 aromatic rings. The molecule has 0 spiro atoms. The van der Waals surface area contributed by atoms with Gasteiger partial charge < -0.3 is 14.8 Å². The monoisotopic (exact) mass is 267 g/mol. The Labute approximate surface area is 113 Å². The first-order chi connectivity index (χ1) is 8.88. The van der Waals surface area contributed by atoms with Crippen LogP contribution in [0.15, 0.2) is 16.5 Å². The number of furan rings is 1. The van der Waals surface area contributed by atoms with Crippen LogP contribution >= 0.6 is 0 Å². The van der Waals surface area contributed by atoms with Crippen molar-refractivity contribution in [1.29, 1.82) is 0 Å². The van der Waals surface area contributed by atoms with Crippen molar-refractivity contribution in [2.75, 3.05) is 6.54 Å². The molecular formula is C14H21NO4. The van der Waals surface area contributed by atoms with E-state index < -0.39 is 5.97 Å². The molecule has 0 aliphatic heterocycles. The maximum absolute atomic E-state index is 11.8. The molecular weight excluding hydrogens is 246 g/mol. The Morgan fingerprint density at radius 1 is 1.37 bits per heavy atom. The number of amides is 1. The van der Waals surface area contributed by atoms with Gasteiger partial charge in [-0.25, -0.2) is 0 Å². The molecule has 1 heterocycles. The van der Waals surface area contributed by atoms with Crippen molar-refractivity contribution in [3.63, 3.8) is 0 Å². The molecule has 5 heteroatoms. The van der Waals surface area contributed by atoms with Gasteiger partial charge in [-0.05, 0) is 37.3 Å². The van der Waals surface area contributed by atoms with E-state index in [0.29, 0.717) is 18.2 Å². The number of hydrogen-bond acceptors (Lipinski definition) is 3. The highest BCUT2D eigenvalue weighted by atomic mass is 16.4. The summed E-state index contributed by atoms with van der Waals surface area (Å²) in [7, 11) is 0. The molecule has 0 aliphatic carbocycles. The second-order valence-electron chi connectivity index (χ2n) is 5.21. The Bertz CT molecular complexity index is 436. The highest BCUT2D eigenvalue weighted by Crippen LogP contribution is 2.15. The van der Waals surface area contributed by atoms with Crippen molar-refractivity contribution in [2.24, 2.45) is 11.8 Å². The van der Waals surface area contributed by atoms with Gasteiger partial charge in [-0.2, -0.15) is 0 Å². The van der Waals surface area contributed by atoms with Gasteiger partial charge >= 0.3 is 5.97 Å². The van der Waals surface area contributed by atoms with Gasteiger partial charge in [-0.3, -0.25) is 9.59 Å². The summed E-state index contributed by atoms with van der Waals surface area (Å²) in [6.45, 7) is 6.19. The van der Waals surface area contributed by atoms with Gasteiger partial charge in [-0.15, -0.1) is 0 Å². The van der Waals surface area contributed by atoms with Crippen molar-refractivity contribution in [3.05, 3.63) is 23.7 Å². The van der Waals surface area contributed by atoms with Gasteiger partial charge in [0.05, 0.1) is 0 Å². The van der Waals surface area contributed by atoms with Gasteiger partial charge in [0.2, 0.25) is 0 Å². The van der Waals surface area contributed by atoms with E-state index in [2.05, 4.69) is 5.32 Å². The number of carboxylic acids is 1. The number of carbonyl (C=O) groups is 2. The lowest BCUT2D eigenvalue weighted by atomic mass is 9.94. The lowest BCUT2D eigenvalue weighted by molar-refractivity contribution is -0.138. The normalized spacial score (nSPS) is 12.4. The Morgan fingerprint density at radius 3 is 2.53 bits per heavy atom. The summed E-state index contributed by atoms with van der Waals surface area (Å²) < 4.78 is 5.21. The third-order valence-corrected chi connectivity index (χ3v) is 2.78. The summed E-state index contributed by atoms with van der Waals surface area (Å²) >= 11 is 0. The molecule has 1 unspecified atom stereocenters. The topological polar surface area (TPSA) is 79.5 Å². The summed E-state index contributed by atoms with van der Waals surface area (Å²) in [4.78, 5) is 22.6. The molecule has 0 saturated carbocycles. The molecule has 106 valence electrons. The minimum absolute atomic E-state index is 0.0579. The van der Waals surface area contributed by atoms with E-state index in [0.717, 1.165) is 6.42 Å². The summed E-state index contributed by atoms with van der Waals surface area (Å²) in [5.41, 5.74) is 0.